The third-order valence-electron chi connectivity index (χ3n) is 5.24. The minimum absolute atomic E-state index is 0.0969. The second-order valence-electron chi connectivity index (χ2n) is 7.38. The fraction of sp³-hybridized carbons (Fsp3) is 0.667. The summed E-state index contributed by atoms with van der Waals surface area (Å²) in [5.41, 5.74) is 7.23. The van der Waals surface area contributed by atoms with Gasteiger partial charge >= 0.3 is 0 Å². The Kier molecular flexibility index (Phi) is 3.98. The third kappa shape index (κ3) is 2.95. The smallest absolute Gasteiger partial charge is 0.124 e. The summed E-state index contributed by atoms with van der Waals surface area (Å²) in [6.45, 7) is 9.83. The molecular formula is C18H28N2O. The van der Waals surface area contributed by atoms with E-state index in [-0.39, 0.29) is 5.60 Å². The van der Waals surface area contributed by atoms with E-state index in [2.05, 4.69) is 49.9 Å². The average Bonchev–Trinajstić information content (AvgIpc) is 2.46. The van der Waals surface area contributed by atoms with Crippen LogP contribution in [0.25, 0.3) is 0 Å². The van der Waals surface area contributed by atoms with E-state index in [4.69, 9.17) is 10.5 Å². The second kappa shape index (κ2) is 5.62. The van der Waals surface area contributed by atoms with Crippen molar-refractivity contribution in [3.63, 3.8) is 0 Å². The van der Waals surface area contributed by atoms with E-state index in [0.29, 0.717) is 12.0 Å². The molecule has 0 radical (unpaired) electrons. The maximum absolute atomic E-state index is 6.16. The first-order valence-electron chi connectivity index (χ1n) is 8.22. The van der Waals surface area contributed by atoms with Gasteiger partial charge in [-0.3, -0.25) is 4.90 Å². The highest BCUT2D eigenvalue weighted by molar-refractivity contribution is 5.38. The average molecular weight is 288 g/mol. The molecule has 0 aliphatic carbocycles. The fourth-order valence-corrected chi connectivity index (χ4v) is 3.86. The molecule has 3 heteroatoms. The van der Waals surface area contributed by atoms with Gasteiger partial charge in [0.25, 0.3) is 0 Å². The number of ether oxygens (including phenoxy) is 1. The molecule has 2 heterocycles. The van der Waals surface area contributed by atoms with Crippen LogP contribution in [-0.2, 0) is 0 Å². The van der Waals surface area contributed by atoms with Crippen molar-refractivity contribution in [1.29, 1.82) is 0 Å². The predicted molar refractivity (Wildman–Crippen MR) is 86.4 cm³/mol. The Morgan fingerprint density at radius 2 is 2.10 bits per heavy atom. The van der Waals surface area contributed by atoms with E-state index in [1.165, 1.54) is 18.5 Å². The zero-order valence-electron chi connectivity index (χ0n) is 13.5. The fourth-order valence-electron chi connectivity index (χ4n) is 3.86. The van der Waals surface area contributed by atoms with Gasteiger partial charge in [-0.15, -0.1) is 0 Å². The maximum atomic E-state index is 6.16. The number of para-hydroxylation sites is 1. The lowest BCUT2D eigenvalue weighted by atomic mass is 9.83. The van der Waals surface area contributed by atoms with Gasteiger partial charge in [-0.05, 0) is 51.3 Å². The molecule has 1 fully saturated rings. The van der Waals surface area contributed by atoms with Gasteiger partial charge in [0.1, 0.15) is 11.4 Å². The molecule has 116 valence electrons. The molecule has 21 heavy (non-hydrogen) atoms. The van der Waals surface area contributed by atoms with Gasteiger partial charge in [-0.1, -0.05) is 25.1 Å². The van der Waals surface area contributed by atoms with Crippen molar-refractivity contribution in [2.45, 2.75) is 45.3 Å². The Morgan fingerprint density at radius 3 is 2.86 bits per heavy atom. The topological polar surface area (TPSA) is 38.5 Å². The first-order valence-corrected chi connectivity index (χ1v) is 8.22. The van der Waals surface area contributed by atoms with Crippen molar-refractivity contribution >= 4 is 0 Å². The number of hydrogen-bond acceptors (Lipinski definition) is 3. The number of piperidine rings is 1. The van der Waals surface area contributed by atoms with Crippen molar-refractivity contribution in [2.75, 3.05) is 19.6 Å². The third-order valence-corrected chi connectivity index (χ3v) is 5.24. The van der Waals surface area contributed by atoms with Crippen LogP contribution in [0.3, 0.4) is 0 Å². The van der Waals surface area contributed by atoms with Crippen molar-refractivity contribution in [1.82, 2.24) is 4.90 Å². The second-order valence-corrected chi connectivity index (χ2v) is 7.38. The summed E-state index contributed by atoms with van der Waals surface area (Å²) in [6, 6.07) is 8.99. The molecule has 3 unspecified atom stereocenters. The minimum Gasteiger partial charge on any atom is -0.487 e. The van der Waals surface area contributed by atoms with Crippen LogP contribution in [0, 0.1) is 11.8 Å². The first kappa shape index (κ1) is 14.9. The van der Waals surface area contributed by atoms with Crippen LogP contribution < -0.4 is 10.5 Å². The lowest BCUT2D eigenvalue weighted by molar-refractivity contribution is 0.00746. The van der Waals surface area contributed by atoms with Gasteiger partial charge < -0.3 is 10.5 Å². The summed E-state index contributed by atoms with van der Waals surface area (Å²) in [6.07, 6.45) is 2.30. The molecule has 3 nitrogen and oxygen atoms in total. The highest BCUT2D eigenvalue weighted by atomic mass is 16.5. The highest BCUT2D eigenvalue weighted by Gasteiger charge is 2.38. The molecular weight excluding hydrogens is 260 g/mol. The number of likely N-dealkylation sites (tertiary alicyclic amines) is 1. The molecule has 2 aliphatic rings. The predicted octanol–water partition coefficient (Wildman–Crippen LogP) is 3.21. The van der Waals surface area contributed by atoms with E-state index in [9.17, 15) is 0 Å². The lowest BCUT2D eigenvalue weighted by Gasteiger charge is -2.46. The van der Waals surface area contributed by atoms with Crippen molar-refractivity contribution in [3.8, 4) is 5.75 Å². The number of benzene rings is 1. The van der Waals surface area contributed by atoms with Crippen molar-refractivity contribution in [2.24, 2.45) is 17.6 Å². The lowest BCUT2D eigenvalue weighted by Crippen LogP contribution is -2.48. The Labute approximate surface area is 128 Å². The SMILES string of the molecule is CC1CCN(C2CC(C)(C)Oc3ccccc32)CC1CN. The van der Waals surface area contributed by atoms with Crippen LogP contribution in [-0.4, -0.2) is 30.1 Å². The summed E-state index contributed by atoms with van der Waals surface area (Å²) in [5.74, 6) is 2.42. The van der Waals surface area contributed by atoms with E-state index in [1.807, 2.05) is 0 Å². The van der Waals surface area contributed by atoms with E-state index in [1.54, 1.807) is 0 Å². The van der Waals surface area contributed by atoms with Crippen LogP contribution in [0.4, 0.5) is 0 Å². The largest absolute Gasteiger partial charge is 0.487 e. The quantitative estimate of drug-likeness (QED) is 0.908. The van der Waals surface area contributed by atoms with Crippen molar-refractivity contribution < 1.29 is 4.74 Å². The summed E-state index contributed by atoms with van der Waals surface area (Å²) in [4.78, 5) is 2.64. The van der Waals surface area contributed by atoms with Crippen LogP contribution in [0.2, 0.25) is 0 Å². The highest BCUT2D eigenvalue weighted by Crippen LogP contribution is 2.43. The van der Waals surface area contributed by atoms with Crippen LogP contribution >= 0.6 is 0 Å². The van der Waals surface area contributed by atoms with E-state index >= 15 is 0 Å². The number of fused-ring (bicyclic) bond motifs is 1. The van der Waals surface area contributed by atoms with Gasteiger partial charge in [-0.25, -0.2) is 0 Å². The Bertz CT molecular complexity index is 500. The Balaban J connectivity index is 1.87. The summed E-state index contributed by atoms with van der Waals surface area (Å²) < 4.78 is 6.16. The molecule has 3 atom stereocenters. The van der Waals surface area contributed by atoms with Gasteiger partial charge in [0, 0.05) is 24.6 Å². The number of nitrogens with zero attached hydrogens (tertiary/aromatic N) is 1. The number of rotatable bonds is 2. The first-order chi connectivity index (χ1) is 10.00. The van der Waals surface area contributed by atoms with Crippen LogP contribution in [0.1, 0.15) is 45.2 Å². The van der Waals surface area contributed by atoms with E-state index < -0.39 is 0 Å². The molecule has 2 aliphatic heterocycles. The number of nitrogens with two attached hydrogens (primary N) is 1. The van der Waals surface area contributed by atoms with Gasteiger partial charge in [0.2, 0.25) is 0 Å². The molecule has 0 spiro atoms. The molecule has 0 aromatic heterocycles. The zero-order valence-corrected chi connectivity index (χ0v) is 13.5. The number of hydrogen-bond donors (Lipinski definition) is 1. The molecule has 1 aromatic rings. The molecule has 0 saturated carbocycles. The summed E-state index contributed by atoms with van der Waals surface area (Å²) >= 11 is 0. The molecule has 1 aromatic carbocycles. The molecule has 0 bridgehead atoms. The Hall–Kier alpha value is -1.06. The van der Waals surface area contributed by atoms with Crippen LogP contribution in [0.15, 0.2) is 24.3 Å². The standard InChI is InChI=1S/C18H28N2O/c1-13-8-9-20(12-14(13)11-19)16-10-18(2,3)21-17-7-5-4-6-15(16)17/h4-7,13-14,16H,8-12,19H2,1-3H3. The monoisotopic (exact) mass is 288 g/mol. The summed E-state index contributed by atoms with van der Waals surface area (Å²) in [5, 5.41) is 0. The van der Waals surface area contributed by atoms with E-state index in [0.717, 1.165) is 31.2 Å². The molecule has 2 N–H and O–H groups in total. The molecule has 3 rings (SSSR count). The van der Waals surface area contributed by atoms with Crippen LogP contribution in [0.5, 0.6) is 5.75 Å². The minimum atomic E-state index is -0.0969. The molecule has 0 amide bonds. The zero-order chi connectivity index (χ0) is 15.0. The van der Waals surface area contributed by atoms with Gasteiger partial charge in [0.15, 0.2) is 0 Å². The molecule has 1 saturated heterocycles. The van der Waals surface area contributed by atoms with Gasteiger partial charge in [-0.2, -0.15) is 0 Å². The normalized spacial score (nSPS) is 32.3. The Morgan fingerprint density at radius 1 is 1.33 bits per heavy atom. The van der Waals surface area contributed by atoms with Crippen molar-refractivity contribution in [3.05, 3.63) is 29.8 Å². The maximum Gasteiger partial charge on any atom is 0.124 e. The van der Waals surface area contributed by atoms with Gasteiger partial charge in [0.05, 0.1) is 0 Å². The summed E-state index contributed by atoms with van der Waals surface area (Å²) in [7, 11) is 0.